The predicted octanol–water partition coefficient (Wildman–Crippen LogP) is 3.21. The highest BCUT2D eigenvalue weighted by Crippen LogP contribution is 2.28. The van der Waals surface area contributed by atoms with Crippen LogP contribution >= 0.6 is 11.3 Å². The van der Waals surface area contributed by atoms with Crippen LogP contribution in [-0.4, -0.2) is 9.38 Å². The van der Waals surface area contributed by atoms with E-state index in [0.29, 0.717) is 0 Å². The Kier molecular flexibility index (Phi) is 2.37. The van der Waals surface area contributed by atoms with Crippen molar-refractivity contribution in [2.24, 2.45) is 0 Å². The number of nitrogens with zero attached hydrogens (tertiary/aromatic N) is 2. The lowest BCUT2D eigenvalue weighted by atomic mass is 10.3. The normalized spacial score (nSPS) is 11.1. The molecular formula is C13H13N3S. The molecule has 86 valence electrons. The van der Waals surface area contributed by atoms with Gasteiger partial charge in [-0.15, -0.1) is 11.3 Å². The summed E-state index contributed by atoms with van der Waals surface area (Å²) < 4.78 is 1.97. The Labute approximate surface area is 104 Å². The summed E-state index contributed by atoms with van der Waals surface area (Å²) in [5, 5.41) is 0. The molecular weight excluding hydrogens is 230 g/mol. The highest BCUT2D eigenvalue weighted by Gasteiger charge is 2.06. The molecule has 0 saturated carbocycles. The third-order valence-electron chi connectivity index (χ3n) is 2.74. The number of anilines is 1. The summed E-state index contributed by atoms with van der Waals surface area (Å²) in [6, 6.07) is 8.11. The van der Waals surface area contributed by atoms with Gasteiger partial charge in [-0.1, -0.05) is 6.92 Å². The quantitative estimate of drug-likeness (QED) is 0.751. The number of aryl methyl sites for hydroxylation is 1. The minimum atomic E-state index is 0.752. The van der Waals surface area contributed by atoms with Gasteiger partial charge >= 0.3 is 0 Å². The average Bonchev–Trinajstić information content (AvgIpc) is 2.93. The van der Waals surface area contributed by atoms with Crippen molar-refractivity contribution >= 4 is 22.7 Å². The van der Waals surface area contributed by atoms with Gasteiger partial charge in [-0.2, -0.15) is 0 Å². The Morgan fingerprint density at radius 2 is 2.12 bits per heavy atom. The first-order chi connectivity index (χ1) is 8.26. The minimum Gasteiger partial charge on any atom is -0.398 e. The maximum atomic E-state index is 5.75. The van der Waals surface area contributed by atoms with Gasteiger partial charge in [-0.05, 0) is 30.7 Å². The molecule has 2 N–H and O–H groups in total. The fourth-order valence-corrected chi connectivity index (χ4v) is 2.74. The van der Waals surface area contributed by atoms with Gasteiger partial charge in [0.2, 0.25) is 0 Å². The van der Waals surface area contributed by atoms with E-state index in [-0.39, 0.29) is 0 Å². The van der Waals surface area contributed by atoms with Crippen molar-refractivity contribution in [2.75, 3.05) is 5.73 Å². The Balaban J connectivity index is 2.11. The summed E-state index contributed by atoms with van der Waals surface area (Å²) in [6.45, 7) is 2.17. The molecule has 0 aliphatic heterocycles. The molecule has 4 heteroatoms. The van der Waals surface area contributed by atoms with Gasteiger partial charge in [0.15, 0.2) is 0 Å². The monoisotopic (exact) mass is 243 g/mol. The number of hydrogen-bond donors (Lipinski definition) is 1. The van der Waals surface area contributed by atoms with Gasteiger partial charge in [-0.3, -0.25) is 0 Å². The van der Waals surface area contributed by atoms with Gasteiger partial charge in [-0.25, -0.2) is 4.98 Å². The number of fused-ring (bicyclic) bond motifs is 1. The van der Waals surface area contributed by atoms with Crippen molar-refractivity contribution in [1.29, 1.82) is 0 Å². The van der Waals surface area contributed by atoms with E-state index in [1.165, 1.54) is 9.75 Å². The first-order valence-electron chi connectivity index (χ1n) is 5.59. The van der Waals surface area contributed by atoms with Crippen LogP contribution in [0, 0.1) is 0 Å². The van der Waals surface area contributed by atoms with Crippen molar-refractivity contribution in [2.45, 2.75) is 13.3 Å². The number of rotatable bonds is 2. The second-order valence-corrected chi connectivity index (χ2v) is 5.14. The van der Waals surface area contributed by atoms with E-state index in [1.807, 2.05) is 28.9 Å². The average molecular weight is 243 g/mol. The zero-order chi connectivity index (χ0) is 11.8. The van der Waals surface area contributed by atoms with Gasteiger partial charge in [0, 0.05) is 23.0 Å². The lowest BCUT2D eigenvalue weighted by molar-refractivity contribution is 1.19. The minimum absolute atomic E-state index is 0.752. The maximum absolute atomic E-state index is 5.75. The number of hydrogen-bond acceptors (Lipinski definition) is 3. The number of aromatic nitrogens is 2. The summed E-state index contributed by atoms with van der Waals surface area (Å²) in [6.07, 6.45) is 4.99. The number of pyridine rings is 1. The Morgan fingerprint density at radius 3 is 2.88 bits per heavy atom. The zero-order valence-electron chi connectivity index (χ0n) is 9.55. The summed E-state index contributed by atoms with van der Waals surface area (Å²) in [4.78, 5) is 7.19. The largest absolute Gasteiger partial charge is 0.398 e. The van der Waals surface area contributed by atoms with Crippen LogP contribution in [0.25, 0.3) is 16.2 Å². The molecule has 0 spiro atoms. The van der Waals surface area contributed by atoms with E-state index in [2.05, 4.69) is 24.0 Å². The molecule has 0 radical (unpaired) electrons. The molecule has 0 aliphatic rings. The van der Waals surface area contributed by atoms with Crippen LogP contribution in [0.4, 0.5) is 5.69 Å². The fourth-order valence-electron chi connectivity index (χ4n) is 1.83. The van der Waals surface area contributed by atoms with Crippen molar-refractivity contribution in [1.82, 2.24) is 9.38 Å². The summed E-state index contributed by atoms with van der Waals surface area (Å²) in [5.41, 5.74) is 8.45. The van der Waals surface area contributed by atoms with E-state index < -0.39 is 0 Å². The van der Waals surface area contributed by atoms with Crippen LogP contribution < -0.4 is 5.73 Å². The first kappa shape index (κ1) is 10.4. The highest BCUT2D eigenvalue weighted by atomic mass is 32.1. The molecule has 0 fully saturated rings. The van der Waals surface area contributed by atoms with Gasteiger partial charge < -0.3 is 10.1 Å². The molecule has 0 saturated heterocycles. The fraction of sp³-hybridized carbons (Fsp3) is 0.154. The lowest BCUT2D eigenvalue weighted by Gasteiger charge is -1.93. The lowest BCUT2D eigenvalue weighted by Crippen LogP contribution is -1.88. The molecule has 0 atom stereocenters. The van der Waals surface area contributed by atoms with Crippen LogP contribution in [0.2, 0.25) is 0 Å². The van der Waals surface area contributed by atoms with E-state index in [4.69, 9.17) is 5.73 Å². The second kappa shape index (κ2) is 3.89. The van der Waals surface area contributed by atoms with Crippen LogP contribution in [0.3, 0.4) is 0 Å². The summed E-state index contributed by atoms with van der Waals surface area (Å²) in [7, 11) is 0. The molecule has 3 aromatic heterocycles. The Hall–Kier alpha value is -1.81. The van der Waals surface area contributed by atoms with Gasteiger partial charge in [0.25, 0.3) is 0 Å². The van der Waals surface area contributed by atoms with Gasteiger partial charge in [0.05, 0.1) is 10.6 Å². The molecule has 3 rings (SSSR count). The van der Waals surface area contributed by atoms with Crippen LogP contribution in [0.15, 0.2) is 36.7 Å². The molecule has 0 bridgehead atoms. The maximum Gasteiger partial charge on any atom is 0.137 e. The summed E-state index contributed by atoms with van der Waals surface area (Å²) >= 11 is 1.80. The molecule has 3 aromatic rings. The van der Waals surface area contributed by atoms with Crippen LogP contribution in [0.5, 0.6) is 0 Å². The molecule has 0 unspecified atom stereocenters. The highest BCUT2D eigenvalue weighted by molar-refractivity contribution is 7.15. The van der Waals surface area contributed by atoms with Crippen molar-refractivity contribution in [3.63, 3.8) is 0 Å². The van der Waals surface area contributed by atoms with E-state index in [0.717, 1.165) is 23.4 Å². The smallest absolute Gasteiger partial charge is 0.137 e. The third kappa shape index (κ3) is 1.80. The molecule has 3 heterocycles. The zero-order valence-corrected chi connectivity index (χ0v) is 10.4. The van der Waals surface area contributed by atoms with Gasteiger partial charge in [0.1, 0.15) is 5.65 Å². The topological polar surface area (TPSA) is 43.3 Å². The van der Waals surface area contributed by atoms with E-state index in [1.54, 1.807) is 11.3 Å². The number of nitrogens with two attached hydrogens (primary N) is 1. The molecule has 0 amide bonds. The predicted molar refractivity (Wildman–Crippen MR) is 72.3 cm³/mol. The van der Waals surface area contributed by atoms with Crippen LogP contribution in [0.1, 0.15) is 11.8 Å². The van der Waals surface area contributed by atoms with E-state index >= 15 is 0 Å². The standard InChI is InChI=1S/C13H13N3S/c1-2-10-4-5-12(17-10)11-8-16-7-9(14)3-6-13(16)15-11/h3-8H,2,14H2,1H3. The Morgan fingerprint density at radius 1 is 1.24 bits per heavy atom. The number of imidazole rings is 1. The van der Waals surface area contributed by atoms with Crippen molar-refractivity contribution < 1.29 is 0 Å². The number of thiophene rings is 1. The third-order valence-corrected chi connectivity index (χ3v) is 3.99. The molecule has 3 nitrogen and oxygen atoms in total. The SMILES string of the molecule is CCc1ccc(-c2cn3cc(N)ccc3n2)s1. The van der Waals surface area contributed by atoms with E-state index in [9.17, 15) is 0 Å². The molecule has 0 aromatic carbocycles. The molecule has 17 heavy (non-hydrogen) atoms. The van der Waals surface area contributed by atoms with Crippen LogP contribution in [-0.2, 0) is 6.42 Å². The van der Waals surface area contributed by atoms with Crippen molar-refractivity contribution in [3.8, 4) is 10.6 Å². The van der Waals surface area contributed by atoms with Crippen molar-refractivity contribution in [3.05, 3.63) is 41.5 Å². The summed E-state index contributed by atoms with van der Waals surface area (Å²) in [5.74, 6) is 0. The number of nitrogen functional groups attached to an aromatic ring is 1. The first-order valence-corrected chi connectivity index (χ1v) is 6.41. The molecule has 0 aliphatic carbocycles. The second-order valence-electron chi connectivity index (χ2n) is 3.97. The Bertz CT molecular complexity index is 666.